The highest BCUT2D eigenvalue weighted by atomic mass is 32.2. The second-order valence-corrected chi connectivity index (χ2v) is 10.6. The Morgan fingerprint density at radius 3 is 2.77 bits per heavy atom. The van der Waals surface area contributed by atoms with Gasteiger partial charge in [0, 0.05) is 19.1 Å². The van der Waals surface area contributed by atoms with E-state index in [0.717, 1.165) is 59.7 Å². The number of ether oxygens (including phenoxy) is 2. The molecule has 9 heteroatoms. The van der Waals surface area contributed by atoms with E-state index < -0.39 is 0 Å². The lowest BCUT2D eigenvalue weighted by molar-refractivity contribution is 0.167. The second-order valence-electron chi connectivity index (χ2n) is 9.53. The maximum absolute atomic E-state index is 6.74. The number of nitrogens with two attached hydrogens (primary N) is 1. The summed E-state index contributed by atoms with van der Waals surface area (Å²) in [7, 11) is 0. The molecule has 0 unspecified atom stereocenters. The first-order valence-corrected chi connectivity index (χ1v) is 12.9. The fraction of sp³-hybridized carbons (Fsp3) is 0.346. The molecule has 0 bridgehead atoms. The Morgan fingerprint density at radius 2 is 1.89 bits per heavy atom. The first-order chi connectivity index (χ1) is 17.2. The fourth-order valence-electron chi connectivity index (χ4n) is 5.67. The van der Waals surface area contributed by atoms with Crippen LogP contribution in [0.15, 0.2) is 58.6 Å². The summed E-state index contributed by atoms with van der Waals surface area (Å²) in [6.45, 7) is 2.95. The highest BCUT2D eigenvalue weighted by Crippen LogP contribution is 2.51. The minimum absolute atomic E-state index is 0.109. The molecule has 3 aliphatic rings. The van der Waals surface area contributed by atoms with Crippen molar-refractivity contribution in [2.45, 2.75) is 35.2 Å². The number of rotatable bonds is 3. The minimum atomic E-state index is 0.109. The van der Waals surface area contributed by atoms with Crippen LogP contribution in [0.5, 0.6) is 11.5 Å². The van der Waals surface area contributed by atoms with E-state index in [0.29, 0.717) is 24.5 Å². The Labute approximate surface area is 207 Å². The summed E-state index contributed by atoms with van der Waals surface area (Å²) < 4.78 is 11.5. The van der Waals surface area contributed by atoms with Gasteiger partial charge in [-0.2, -0.15) is 4.98 Å². The van der Waals surface area contributed by atoms with Gasteiger partial charge in [0.15, 0.2) is 22.8 Å². The number of hydrogen-bond acceptors (Lipinski definition) is 8. The van der Waals surface area contributed by atoms with E-state index >= 15 is 0 Å². The van der Waals surface area contributed by atoms with Gasteiger partial charge in [0.05, 0.1) is 11.1 Å². The Morgan fingerprint density at radius 1 is 1.03 bits per heavy atom. The maximum Gasteiger partial charge on any atom is 0.206 e. The highest BCUT2D eigenvalue weighted by Gasteiger charge is 2.46. The largest absolute Gasteiger partial charge is 0.486 e. The van der Waals surface area contributed by atoms with Crippen molar-refractivity contribution in [1.82, 2.24) is 19.9 Å². The summed E-state index contributed by atoms with van der Waals surface area (Å²) in [6, 6.07) is 14.7. The van der Waals surface area contributed by atoms with Crippen LogP contribution in [0.4, 0.5) is 5.95 Å². The lowest BCUT2D eigenvalue weighted by atomic mass is 9.73. The van der Waals surface area contributed by atoms with Gasteiger partial charge in [-0.3, -0.25) is 0 Å². The summed E-state index contributed by atoms with van der Waals surface area (Å²) in [5.41, 5.74) is 10.9. The van der Waals surface area contributed by atoms with Crippen LogP contribution in [0.1, 0.15) is 30.0 Å². The molecule has 4 aromatic rings. The number of nitrogens with one attached hydrogen (secondary N) is 1. The fourth-order valence-corrected chi connectivity index (χ4v) is 6.54. The SMILES string of the molecule is N[C@@H]1c2ccccc2CC12CCN(c1nc3ncc(Sc4cccc5c4OCCO5)nc3[nH]1)CC2. The van der Waals surface area contributed by atoms with Gasteiger partial charge in [-0.05, 0) is 47.9 Å². The third-order valence-electron chi connectivity index (χ3n) is 7.57. The average molecular weight is 487 g/mol. The van der Waals surface area contributed by atoms with Gasteiger partial charge in [-0.1, -0.05) is 42.1 Å². The molecule has 0 amide bonds. The first kappa shape index (κ1) is 21.0. The van der Waals surface area contributed by atoms with Crippen molar-refractivity contribution in [3.05, 3.63) is 59.8 Å². The summed E-state index contributed by atoms with van der Waals surface area (Å²) >= 11 is 1.51. The number of aromatic amines is 1. The Kier molecular flexibility index (Phi) is 4.89. The van der Waals surface area contributed by atoms with Crippen LogP contribution in [0.3, 0.4) is 0 Å². The monoisotopic (exact) mass is 486 g/mol. The van der Waals surface area contributed by atoms with Gasteiger partial charge >= 0.3 is 0 Å². The number of imidazole rings is 1. The number of benzene rings is 2. The molecule has 1 saturated heterocycles. The molecule has 4 heterocycles. The summed E-state index contributed by atoms with van der Waals surface area (Å²) in [4.78, 5) is 20.8. The zero-order valence-electron chi connectivity index (χ0n) is 19.2. The van der Waals surface area contributed by atoms with Crippen molar-refractivity contribution in [3.63, 3.8) is 0 Å². The standard InChI is InChI=1S/C26H26N6O2S/c27-22-17-5-2-1-4-16(17)14-26(22)8-10-32(11-9-26)25-30-23-24(31-25)29-20(15-28-23)35-19-7-3-6-18-21(19)34-13-12-33-18/h1-7,15,22H,8-14,27H2,(H,28,29,30,31)/t22-/m1/s1. The van der Waals surface area contributed by atoms with Crippen LogP contribution in [-0.2, 0) is 6.42 Å². The number of hydrogen-bond donors (Lipinski definition) is 2. The van der Waals surface area contributed by atoms with Gasteiger partial charge in [0.1, 0.15) is 18.2 Å². The molecule has 0 radical (unpaired) electrons. The summed E-state index contributed by atoms with van der Waals surface area (Å²) in [5.74, 6) is 2.37. The molecule has 0 saturated carbocycles. The number of nitrogens with zero attached hydrogens (tertiary/aromatic N) is 4. The zero-order chi connectivity index (χ0) is 23.4. The molecule has 2 aliphatic heterocycles. The molecule has 8 nitrogen and oxygen atoms in total. The molecule has 7 rings (SSSR count). The lowest BCUT2D eigenvalue weighted by Crippen LogP contribution is -2.44. The lowest BCUT2D eigenvalue weighted by Gasteiger charge is -2.42. The van der Waals surface area contributed by atoms with Crippen molar-refractivity contribution in [2.75, 3.05) is 31.2 Å². The van der Waals surface area contributed by atoms with Crippen molar-refractivity contribution < 1.29 is 9.47 Å². The van der Waals surface area contributed by atoms with Gasteiger partial charge in [-0.15, -0.1) is 0 Å². The smallest absolute Gasteiger partial charge is 0.206 e. The molecule has 2 aromatic heterocycles. The van der Waals surface area contributed by atoms with Crippen LogP contribution in [0.2, 0.25) is 0 Å². The van der Waals surface area contributed by atoms with Crippen LogP contribution < -0.4 is 20.1 Å². The maximum atomic E-state index is 6.74. The number of H-pyrrole nitrogens is 1. The number of piperidine rings is 1. The van der Waals surface area contributed by atoms with Crippen LogP contribution >= 0.6 is 11.8 Å². The van der Waals surface area contributed by atoms with Crippen molar-refractivity contribution in [2.24, 2.45) is 11.1 Å². The van der Waals surface area contributed by atoms with Crippen LogP contribution in [-0.4, -0.2) is 46.2 Å². The normalized spacial score (nSPS) is 20.4. The Bertz CT molecular complexity index is 1410. The zero-order valence-corrected chi connectivity index (χ0v) is 20.1. The number of aromatic nitrogens is 4. The first-order valence-electron chi connectivity index (χ1n) is 12.1. The average Bonchev–Trinajstić information content (AvgIpc) is 3.44. The van der Waals surface area contributed by atoms with Crippen LogP contribution in [0, 0.1) is 5.41 Å². The summed E-state index contributed by atoms with van der Waals surface area (Å²) in [5, 5.41) is 0.780. The van der Waals surface area contributed by atoms with E-state index in [-0.39, 0.29) is 11.5 Å². The Hall–Kier alpha value is -3.30. The molecule has 3 N–H and O–H groups in total. The molecular weight excluding hydrogens is 460 g/mol. The second kappa shape index (κ2) is 8.13. The Balaban J connectivity index is 1.09. The highest BCUT2D eigenvalue weighted by molar-refractivity contribution is 7.99. The van der Waals surface area contributed by atoms with Gasteiger partial charge in [0.2, 0.25) is 5.95 Å². The molecule has 2 aromatic carbocycles. The molecule has 1 spiro atoms. The molecule has 178 valence electrons. The van der Waals surface area contributed by atoms with Crippen molar-refractivity contribution >= 4 is 29.0 Å². The van der Waals surface area contributed by atoms with E-state index in [2.05, 4.69) is 39.1 Å². The number of para-hydroxylation sites is 1. The molecular formula is C26H26N6O2S. The number of fused-ring (bicyclic) bond motifs is 3. The minimum Gasteiger partial charge on any atom is -0.486 e. The summed E-state index contributed by atoms with van der Waals surface area (Å²) in [6.07, 6.45) is 4.92. The van der Waals surface area contributed by atoms with Gasteiger partial charge < -0.3 is 25.1 Å². The van der Waals surface area contributed by atoms with E-state index in [1.165, 1.54) is 22.9 Å². The molecule has 1 fully saturated rings. The third kappa shape index (κ3) is 3.52. The predicted molar refractivity (Wildman–Crippen MR) is 134 cm³/mol. The van der Waals surface area contributed by atoms with Crippen LogP contribution in [0.25, 0.3) is 11.3 Å². The topological polar surface area (TPSA) is 102 Å². The van der Waals surface area contributed by atoms with E-state index in [1.54, 1.807) is 6.20 Å². The van der Waals surface area contributed by atoms with Gasteiger partial charge in [0.25, 0.3) is 0 Å². The molecule has 35 heavy (non-hydrogen) atoms. The molecule has 1 aliphatic carbocycles. The quantitative estimate of drug-likeness (QED) is 0.446. The van der Waals surface area contributed by atoms with E-state index in [4.69, 9.17) is 25.2 Å². The predicted octanol–water partition coefficient (Wildman–Crippen LogP) is 4.12. The van der Waals surface area contributed by atoms with Crippen molar-refractivity contribution in [1.29, 1.82) is 0 Å². The third-order valence-corrected chi connectivity index (χ3v) is 8.52. The number of anilines is 1. The van der Waals surface area contributed by atoms with E-state index in [1.807, 2.05) is 18.2 Å². The molecule has 1 atom stereocenters. The van der Waals surface area contributed by atoms with E-state index in [9.17, 15) is 0 Å². The van der Waals surface area contributed by atoms with Gasteiger partial charge in [-0.25, -0.2) is 9.97 Å². The van der Waals surface area contributed by atoms with Crippen molar-refractivity contribution in [3.8, 4) is 11.5 Å².